The average molecular weight is 317 g/mol. The van der Waals surface area contributed by atoms with Crippen LogP contribution in [0.15, 0.2) is 60.7 Å². The molecule has 3 rings (SSSR count). The molecule has 0 unspecified atom stereocenters. The van der Waals surface area contributed by atoms with Gasteiger partial charge in [-0.05, 0) is 11.1 Å². The van der Waals surface area contributed by atoms with Crippen LogP contribution in [0.3, 0.4) is 0 Å². The summed E-state index contributed by atoms with van der Waals surface area (Å²) in [6.45, 7) is 0. The highest BCUT2D eigenvalue weighted by Crippen LogP contribution is 2.52. The van der Waals surface area contributed by atoms with Gasteiger partial charge in [0, 0.05) is 0 Å². The maximum Gasteiger partial charge on any atom is 0.423 e. The Bertz CT molecular complexity index is 774. The van der Waals surface area contributed by atoms with Crippen molar-refractivity contribution in [3.05, 3.63) is 71.8 Å². The normalized spacial score (nSPS) is 22.7. The molecule has 1 fully saturated rings. The predicted molar refractivity (Wildman–Crippen MR) is 81.5 cm³/mol. The smallest absolute Gasteiger partial charge is 0.423 e. The first-order chi connectivity index (χ1) is 10.6. The van der Waals surface area contributed by atoms with Crippen molar-refractivity contribution in [2.24, 2.45) is 0 Å². The van der Waals surface area contributed by atoms with E-state index in [0.29, 0.717) is 5.56 Å². The van der Waals surface area contributed by atoms with Gasteiger partial charge in [-0.25, -0.2) is 13.2 Å². The Balaban J connectivity index is 2.10. The summed E-state index contributed by atoms with van der Waals surface area (Å²) < 4.78 is 30.6. The predicted octanol–water partition coefficient (Wildman–Crippen LogP) is 2.88. The minimum atomic E-state index is -3.77. The molecule has 114 valence electrons. The number of benzene rings is 2. The quantitative estimate of drug-likeness (QED) is 0.854. The molecule has 0 aromatic heterocycles. The minimum absolute atomic E-state index is 0.582. The molecular weight excluding hydrogens is 302 g/mol. The Morgan fingerprint density at radius 3 is 1.95 bits per heavy atom. The van der Waals surface area contributed by atoms with Crippen molar-refractivity contribution in [2.45, 2.75) is 11.3 Å². The molecule has 0 bridgehead atoms. The lowest BCUT2D eigenvalue weighted by atomic mass is 9.97. The number of rotatable bonds is 2. The number of hydrogen-bond donors (Lipinski definition) is 0. The van der Waals surface area contributed by atoms with E-state index in [1.54, 1.807) is 24.3 Å². The summed E-state index contributed by atoms with van der Waals surface area (Å²) in [5.74, 6) is 0. The third-order valence-corrected chi connectivity index (χ3v) is 5.85. The van der Waals surface area contributed by atoms with Crippen molar-refractivity contribution in [3.8, 4) is 0 Å². The highest BCUT2D eigenvalue weighted by molar-refractivity contribution is 7.91. The summed E-state index contributed by atoms with van der Waals surface area (Å²) in [7, 11) is -2.59. The van der Waals surface area contributed by atoms with Gasteiger partial charge in [-0.2, -0.15) is 4.31 Å². The van der Waals surface area contributed by atoms with Crippen LogP contribution in [0.25, 0.3) is 0 Å². The molecule has 1 aliphatic rings. The molecule has 0 aliphatic carbocycles. The minimum Gasteiger partial charge on any atom is -0.452 e. The van der Waals surface area contributed by atoms with E-state index in [2.05, 4.69) is 4.74 Å². The summed E-state index contributed by atoms with van der Waals surface area (Å²) in [6.07, 6.45) is -0.860. The second-order valence-corrected chi connectivity index (χ2v) is 6.93. The van der Waals surface area contributed by atoms with Gasteiger partial charge in [0.15, 0.2) is 0 Å². The summed E-state index contributed by atoms with van der Waals surface area (Å²) in [4.78, 5) is 11.9. The Morgan fingerprint density at radius 1 is 0.955 bits per heavy atom. The summed E-state index contributed by atoms with van der Waals surface area (Å²) in [6, 6.07) is 17.4. The molecule has 1 amide bonds. The fraction of sp³-hybridized carbons (Fsp3) is 0.188. The average Bonchev–Trinajstić information content (AvgIpc) is 2.54. The van der Waals surface area contributed by atoms with Gasteiger partial charge in [0.25, 0.3) is 0 Å². The van der Waals surface area contributed by atoms with E-state index in [1.807, 2.05) is 36.4 Å². The molecule has 1 heterocycles. The molecule has 6 heteroatoms. The number of amides is 1. The number of carbonyl (C=O) groups excluding carboxylic acids is 1. The van der Waals surface area contributed by atoms with Gasteiger partial charge in [-0.15, -0.1) is 0 Å². The van der Waals surface area contributed by atoms with Crippen LogP contribution in [0.2, 0.25) is 0 Å². The molecule has 5 nitrogen and oxygen atoms in total. The number of ether oxygens (including phenoxy) is 1. The van der Waals surface area contributed by atoms with Crippen LogP contribution in [0.5, 0.6) is 0 Å². The van der Waals surface area contributed by atoms with Gasteiger partial charge in [-0.3, -0.25) is 0 Å². The molecule has 1 aliphatic heterocycles. The van der Waals surface area contributed by atoms with Crippen LogP contribution in [0.1, 0.15) is 22.4 Å². The molecule has 1 saturated heterocycles. The molecule has 2 atom stereocenters. The third-order valence-electron chi connectivity index (χ3n) is 3.76. The molecule has 0 spiro atoms. The zero-order chi connectivity index (χ0) is 15.7. The Morgan fingerprint density at radius 2 is 1.45 bits per heavy atom. The van der Waals surface area contributed by atoms with Crippen LogP contribution < -0.4 is 0 Å². The second-order valence-electron chi connectivity index (χ2n) is 5.00. The van der Waals surface area contributed by atoms with Crippen LogP contribution in [0, 0.1) is 0 Å². The van der Waals surface area contributed by atoms with Crippen LogP contribution in [-0.2, 0) is 14.8 Å². The zero-order valence-corrected chi connectivity index (χ0v) is 12.7. The van der Waals surface area contributed by atoms with Crippen molar-refractivity contribution in [1.29, 1.82) is 0 Å². The van der Waals surface area contributed by atoms with Crippen molar-refractivity contribution in [3.63, 3.8) is 0 Å². The Kier molecular flexibility index (Phi) is 3.62. The molecule has 0 N–H and O–H groups in total. The monoisotopic (exact) mass is 317 g/mol. The highest BCUT2D eigenvalue weighted by atomic mass is 32.2. The van der Waals surface area contributed by atoms with Crippen molar-refractivity contribution < 1.29 is 17.9 Å². The van der Waals surface area contributed by atoms with E-state index in [4.69, 9.17) is 0 Å². The van der Waals surface area contributed by atoms with Gasteiger partial charge in [0.05, 0.1) is 13.2 Å². The SMILES string of the molecule is COC(=O)N1[C@@H](c2ccccc2)[C@@H](c2ccccc2)S1(=O)=O. The lowest BCUT2D eigenvalue weighted by Gasteiger charge is -2.45. The van der Waals surface area contributed by atoms with Gasteiger partial charge in [-0.1, -0.05) is 60.7 Å². The number of hydrogen-bond acceptors (Lipinski definition) is 4. The van der Waals surface area contributed by atoms with Crippen molar-refractivity contribution >= 4 is 16.1 Å². The van der Waals surface area contributed by atoms with Gasteiger partial charge < -0.3 is 4.74 Å². The van der Waals surface area contributed by atoms with Gasteiger partial charge >= 0.3 is 6.09 Å². The lowest BCUT2D eigenvalue weighted by molar-refractivity contribution is 0.125. The summed E-state index contributed by atoms with van der Waals surface area (Å²) >= 11 is 0. The molecule has 2 aromatic rings. The number of sulfonamides is 1. The summed E-state index contributed by atoms with van der Waals surface area (Å²) in [5, 5.41) is -0.782. The number of nitrogens with zero attached hydrogens (tertiary/aromatic N) is 1. The molecule has 0 saturated carbocycles. The Hall–Kier alpha value is -2.34. The van der Waals surface area contributed by atoms with Gasteiger partial charge in [0.1, 0.15) is 5.25 Å². The largest absolute Gasteiger partial charge is 0.452 e. The number of methoxy groups -OCH3 is 1. The standard InChI is InChI=1S/C16H15NO4S/c1-21-16(18)17-14(12-8-4-2-5-9-12)15(22(17,19)20)13-10-6-3-7-11-13/h2-11,14-15H,1H3/t14-,15+/m0/s1. The topological polar surface area (TPSA) is 63.7 Å². The third kappa shape index (κ3) is 2.16. The van der Waals surface area contributed by atoms with E-state index >= 15 is 0 Å². The maximum absolute atomic E-state index is 12.6. The highest BCUT2D eigenvalue weighted by Gasteiger charge is 2.58. The fourth-order valence-corrected chi connectivity index (χ4v) is 4.77. The second kappa shape index (κ2) is 5.46. The van der Waals surface area contributed by atoms with Crippen molar-refractivity contribution in [2.75, 3.05) is 7.11 Å². The molecule has 0 radical (unpaired) electrons. The van der Waals surface area contributed by atoms with E-state index < -0.39 is 27.4 Å². The van der Waals surface area contributed by atoms with Crippen molar-refractivity contribution in [1.82, 2.24) is 4.31 Å². The van der Waals surface area contributed by atoms with Gasteiger partial charge in [0.2, 0.25) is 10.0 Å². The first-order valence-corrected chi connectivity index (χ1v) is 8.29. The Labute approximate surface area is 129 Å². The van der Waals surface area contributed by atoms with Crippen LogP contribution >= 0.6 is 0 Å². The maximum atomic E-state index is 12.6. The van der Waals surface area contributed by atoms with Crippen LogP contribution in [0.4, 0.5) is 4.79 Å². The molecule has 2 aromatic carbocycles. The first-order valence-electron chi connectivity index (χ1n) is 6.78. The molecule has 22 heavy (non-hydrogen) atoms. The fourth-order valence-electron chi connectivity index (χ4n) is 2.77. The van der Waals surface area contributed by atoms with E-state index in [9.17, 15) is 13.2 Å². The zero-order valence-electron chi connectivity index (χ0n) is 11.9. The molecular formula is C16H15NO4S. The number of carbonyl (C=O) groups is 1. The summed E-state index contributed by atoms with van der Waals surface area (Å²) in [5.41, 5.74) is 1.42. The van der Waals surface area contributed by atoms with E-state index in [-0.39, 0.29) is 0 Å². The first kappa shape index (κ1) is 14.6. The van der Waals surface area contributed by atoms with E-state index in [1.165, 1.54) is 7.11 Å². The lowest BCUT2D eigenvalue weighted by Crippen LogP contribution is -2.55. The van der Waals surface area contributed by atoms with E-state index in [0.717, 1.165) is 9.87 Å². The van der Waals surface area contributed by atoms with Crippen LogP contribution in [-0.4, -0.2) is 25.9 Å².